The molecule has 156 valence electrons. The quantitative estimate of drug-likeness (QED) is 0.562. The predicted molar refractivity (Wildman–Crippen MR) is 121 cm³/mol. The van der Waals surface area contributed by atoms with E-state index in [-0.39, 0.29) is 5.91 Å². The molecule has 30 heavy (non-hydrogen) atoms. The highest BCUT2D eigenvalue weighted by Gasteiger charge is 2.26. The number of carbonyl (C=O) groups excluding carboxylic acids is 1. The third-order valence-electron chi connectivity index (χ3n) is 5.12. The second-order valence-corrected chi connectivity index (χ2v) is 8.62. The molecule has 0 bridgehead atoms. The zero-order valence-electron chi connectivity index (χ0n) is 16.8. The highest BCUT2D eigenvalue weighted by Crippen LogP contribution is 2.25. The lowest BCUT2D eigenvalue weighted by Crippen LogP contribution is -2.51. The van der Waals surface area contributed by atoms with Crippen LogP contribution in [0.2, 0.25) is 5.02 Å². The van der Waals surface area contributed by atoms with E-state index in [4.69, 9.17) is 21.3 Å². The van der Waals surface area contributed by atoms with Crippen LogP contribution in [0.15, 0.2) is 60.0 Å². The summed E-state index contributed by atoms with van der Waals surface area (Å²) in [6, 6.07) is 17.2. The van der Waals surface area contributed by atoms with Crippen molar-refractivity contribution in [2.45, 2.75) is 19.6 Å². The first-order valence-corrected chi connectivity index (χ1v) is 11.3. The number of piperazine rings is 1. The molecule has 7 heteroatoms. The maximum absolute atomic E-state index is 12.7. The summed E-state index contributed by atoms with van der Waals surface area (Å²) in [6.07, 6.45) is -0.487. The van der Waals surface area contributed by atoms with E-state index in [1.807, 2.05) is 66.4 Å². The van der Waals surface area contributed by atoms with Crippen molar-refractivity contribution in [2.24, 2.45) is 0 Å². The Morgan fingerprint density at radius 3 is 2.50 bits per heavy atom. The van der Waals surface area contributed by atoms with Crippen LogP contribution in [-0.4, -0.2) is 53.0 Å². The second-order valence-electron chi connectivity index (χ2n) is 7.33. The lowest BCUT2D eigenvalue weighted by Gasteiger charge is -2.35. The summed E-state index contributed by atoms with van der Waals surface area (Å²) >= 11 is 7.61. The summed E-state index contributed by atoms with van der Waals surface area (Å²) in [5.41, 5.74) is 2.14. The van der Waals surface area contributed by atoms with Crippen LogP contribution in [0.5, 0.6) is 5.75 Å². The lowest BCUT2D eigenvalue weighted by molar-refractivity contribution is -0.139. The van der Waals surface area contributed by atoms with Gasteiger partial charge in [-0.15, -0.1) is 11.3 Å². The zero-order chi connectivity index (χ0) is 20.9. The molecule has 2 heterocycles. The van der Waals surface area contributed by atoms with Gasteiger partial charge in [0.25, 0.3) is 5.91 Å². The molecule has 1 unspecified atom stereocenters. The normalized spacial score (nSPS) is 15.7. The molecule has 1 fully saturated rings. The number of amides is 1. The van der Waals surface area contributed by atoms with Gasteiger partial charge in [0.1, 0.15) is 10.8 Å². The molecule has 1 saturated heterocycles. The molecule has 4 rings (SSSR count). The van der Waals surface area contributed by atoms with Gasteiger partial charge in [0.2, 0.25) is 0 Å². The maximum atomic E-state index is 12.7. The van der Waals surface area contributed by atoms with Crippen molar-refractivity contribution in [2.75, 3.05) is 26.2 Å². The van der Waals surface area contributed by atoms with Crippen molar-refractivity contribution >= 4 is 28.8 Å². The number of benzene rings is 2. The lowest BCUT2D eigenvalue weighted by atomic mass is 10.2. The van der Waals surface area contributed by atoms with Crippen LogP contribution in [0, 0.1) is 0 Å². The minimum absolute atomic E-state index is 0.0391. The zero-order valence-corrected chi connectivity index (χ0v) is 18.4. The van der Waals surface area contributed by atoms with Gasteiger partial charge in [-0.3, -0.25) is 9.69 Å². The fourth-order valence-electron chi connectivity index (χ4n) is 3.47. The monoisotopic (exact) mass is 441 g/mol. The molecule has 1 aromatic heterocycles. The Balaban J connectivity index is 1.27. The van der Waals surface area contributed by atoms with Gasteiger partial charge in [0.15, 0.2) is 6.10 Å². The third-order valence-corrected chi connectivity index (χ3v) is 6.31. The number of nitrogens with zero attached hydrogens (tertiary/aromatic N) is 3. The topological polar surface area (TPSA) is 45.7 Å². The van der Waals surface area contributed by atoms with Gasteiger partial charge >= 0.3 is 0 Å². The van der Waals surface area contributed by atoms with Crippen molar-refractivity contribution in [3.8, 4) is 16.3 Å². The van der Waals surface area contributed by atoms with Crippen LogP contribution in [-0.2, 0) is 11.3 Å². The summed E-state index contributed by atoms with van der Waals surface area (Å²) in [4.78, 5) is 21.7. The Hall–Kier alpha value is -2.41. The largest absolute Gasteiger partial charge is 0.481 e. The highest BCUT2D eigenvalue weighted by atomic mass is 35.5. The van der Waals surface area contributed by atoms with Crippen LogP contribution < -0.4 is 4.74 Å². The number of para-hydroxylation sites is 1. The first-order chi connectivity index (χ1) is 14.6. The summed E-state index contributed by atoms with van der Waals surface area (Å²) in [5.74, 6) is 0.759. The van der Waals surface area contributed by atoms with Gasteiger partial charge < -0.3 is 9.64 Å². The summed E-state index contributed by atoms with van der Waals surface area (Å²) in [7, 11) is 0. The van der Waals surface area contributed by atoms with Crippen molar-refractivity contribution in [3.05, 3.63) is 70.7 Å². The molecule has 0 aliphatic carbocycles. The van der Waals surface area contributed by atoms with E-state index >= 15 is 0 Å². The van der Waals surface area contributed by atoms with Gasteiger partial charge in [0, 0.05) is 48.7 Å². The first-order valence-electron chi connectivity index (χ1n) is 10.0. The van der Waals surface area contributed by atoms with E-state index in [9.17, 15) is 4.79 Å². The Bertz CT molecular complexity index is 970. The van der Waals surface area contributed by atoms with E-state index in [1.165, 1.54) is 0 Å². The van der Waals surface area contributed by atoms with Crippen molar-refractivity contribution < 1.29 is 9.53 Å². The number of halogens is 1. The van der Waals surface area contributed by atoms with Crippen LogP contribution in [0.4, 0.5) is 0 Å². The predicted octanol–water partition coefficient (Wildman–Crippen LogP) is 4.58. The number of ether oxygens (including phenoxy) is 1. The second kappa shape index (κ2) is 9.60. The number of aromatic nitrogens is 1. The molecule has 1 atom stereocenters. The fraction of sp³-hybridized carbons (Fsp3) is 0.304. The Morgan fingerprint density at radius 2 is 1.80 bits per heavy atom. The molecule has 0 saturated carbocycles. The van der Waals surface area contributed by atoms with Gasteiger partial charge in [0.05, 0.1) is 5.69 Å². The van der Waals surface area contributed by atoms with Crippen LogP contribution >= 0.6 is 22.9 Å². The molecule has 0 spiro atoms. The number of carbonyl (C=O) groups is 1. The smallest absolute Gasteiger partial charge is 0.263 e. The molecular formula is C23H24ClN3O2S. The summed E-state index contributed by atoms with van der Waals surface area (Å²) < 4.78 is 5.78. The Labute approximate surface area is 185 Å². The molecule has 1 amide bonds. The molecular weight excluding hydrogens is 418 g/mol. The van der Waals surface area contributed by atoms with Crippen molar-refractivity contribution in [1.82, 2.24) is 14.8 Å². The standard InChI is InChI=1S/C23H24ClN3O2S/c1-17(29-21-5-3-2-4-6-21)23(28)27-13-11-26(12-14-27)15-20-16-30-22(25-20)18-7-9-19(24)10-8-18/h2-10,16-17H,11-15H2,1H3. The average Bonchev–Trinajstić information content (AvgIpc) is 3.23. The molecule has 3 aromatic rings. The first kappa shape index (κ1) is 20.8. The number of hydrogen-bond donors (Lipinski definition) is 0. The molecule has 0 radical (unpaired) electrons. The summed E-state index contributed by atoms with van der Waals surface area (Å²) in [6.45, 7) is 5.68. The van der Waals surface area contributed by atoms with Crippen LogP contribution in [0.25, 0.3) is 10.6 Å². The van der Waals surface area contributed by atoms with E-state index in [1.54, 1.807) is 11.3 Å². The molecule has 1 aliphatic heterocycles. The van der Waals surface area contributed by atoms with Crippen LogP contribution in [0.1, 0.15) is 12.6 Å². The van der Waals surface area contributed by atoms with Gasteiger partial charge in [-0.05, 0) is 31.2 Å². The highest BCUT2D eigenvalue weighted by molar-refractivity contribution is 7.13. The third kappa shape index (κ3) is 5.19. The summed E-state index contributed by atoms with van der Waals surface area (Å²) in [5, 5.41) is 3.84. The molecule has 1 aliphatic rings. The SMILES string of the molecule is CC(Oc1ccccc1)C(=O)N1CCN(Cc2csc(-c3ccc(Cl)cc3)n2)CC1. The maximum Gasteiger partial charge on any atom is 0.263 e. The average molecular weight is 442 g/mol. The number of rotatable bonds is 6. The van der Waals surface area contributed by atoms with Gasteiger partial charge in [-0.25, -0.2) is 4.98 Å². The minimum atomic E-state index is -0.487. The Kier molecular flexibility index (Phi) is 6.67. The molecule has 0 N–H and O–H groups in total. The van der Waals surface area contributed by atoms with E-state index in [0.29, 0.717) is 13.1 Å². The number of hydrogen-bond acceptors (Lipinski definition) is 5. The minimum Gasteiger partial charge on any atom is -0.481 e. The van der Waals surface area contributed by atoms with Gasteiger partial charge in [-0.2, -0.15) is 0 Å². The van der Waals surface area contributed by atoms with Crippen molar-refractivity contribution in [3.63, 3.8) is 0 Å². The molecule has 5 nitrogen and oxygen atoms in total. The van der Waals surface area contributed by atoms with E-state index in [0.717, 1.165) is 46.7 Å². The number of thiazole rings is 1. The molecule has 2 aromatic carbocycles. The van der Waals surface area contributed by atoms with E-state index in [2.05, 4.69) is 10.3 Å². The van der Waals surface area contributed by atoms with E-state index < -0.39 is 6.10 Å². The fourth-order valence-corrected chi connectivity index (χ4v) is 4.41. The van der Waals surface area contributed by atoms with Crippen LogP contribution in [0.3, 0.4) is 0 Å². The van der Waals surface area contributed by atoms with Crippen molar-refractivity contribution in [1.29, 1.82) is 0 Å². The Morgan fingerprint density at radius 1 is 1.10 bits per heavy atom. The van der Waals surface area contributed by atoms with Gasteiger partial charge in [-0.1, -0.05) is 41.9 Å².